The second-order valence-electron chi connectivity index (χ2n) is 6.34. The third-order valence-corrected chi connectivity index (χ3v) is 5.41. The zero-order valence-corrected chi connectivity index (χ0v) is 16.4. The number of amides is 2. The van der Waals surface area contributed by atoms with E-state index in [4.69, 9.17) is 4.74 Å². The topological polar surface area (TPSA) is 67.4 Å². The van der Waals surface area contributed by atoms with Crippen LogP contribution in [0.1, 0.15) is 36.2 Å². The number of anilines is 1. The quantitative estimate of drug-likeness (QED) is 0.756. The number of fused-ring (bicyclic) bond motifs is 1. The number of benzene rings is 2. The summed E-state index contributed by atoms with van der Waals surface area (Å²) in [6.45, 7) is 3.98. The van der Waals surface area contributed by atoms with Crippen LogP contribution in [-0.2, 0) is 4.79 Å². The maximum Gasteiger partial charge on any atom is 0.262 e. The van der Waals surface area contributed by atoms with Crippen LogP contribution in [0.25, 0.3) is 6.08 Å². The number of carbonyl (C=O) groups is 2. The van der Waals surface area contributed by atoms with Gasteiger partial charge in [0.1, 0.15) is 5.75 Å². The SMILES string of the molecule is CC[C@@H](C)NC(=O)c1ccc2c(c1)NC(=O)/C(=C\c1cccc(OC)c1)S2. The number of ether oxygens (including phenoxy) is 1. The molecule has 0 aromatic heterocycles. The normalized spacial score (nSPS) is 15.7. The van der Waals surface area contributed by atoms with Crippen LogP contribution in [0, 0.1) is 0 Å². The van der Waals surface area contributed by atoms with Crippen LogP contribution in [0.15, 0.2) is 52.3 Å². The molecule has 0 bridgehead atoms. The molecule has 1 atom stereocenters. The van der Waals surface area contributed by atoms with Crippen LogP contribution >= 0.6 is 11.8 Å². The van der Waals surface area contributed by atoms with Crippen molar-refractivity contribution in [2.24, 2.45) is 0 Å². The van der Waals surface area contributed by atoms with Gasteiger partial charge in [0, 0.05) is 16.5 Å². The fourth-order valence-electron chi connectivity index (χ4n) is 2.59. The van der Waals surface area contributed by atoms with Gasteiger partial charge in [-0.2, -0.15) is 0 Å². The van der Waals surface area contributed by atoms with Gasteiger partial charge < -0.3 is 15.4 Å². The largest absolute Gasteiger partial charge is 0.497 e. The van der Waals surface area contributed by atoms with Crippen LogP contribution in [0.2, 0.25) is 0 Å². The van der Waals surface area contributed by atoms with E-state index in [1.807, 2.05) is 50.3 Å². The maximum absolute atomic E-state index is 12.5. The molecule has 0 spiro atoms. The van der Waals surface area contributed by atoms with Crippen molar-refractivity contribution in [2.75, 3.05) is 12.4 Å². The number of hydrogen-bond donors (Lipinski definition) is 2. The summed E-state index contributed by atoms with van der Waals surface area (Å²) >= 11 is 1.39. The Morgan fingerprint density at radius 1 is 1.30 bits per heavy atom. The summed E-state index contributed by atoms with van der Waals surface area (Å²) in [5.74, 6) is 0.418. The average Bonchev–Trinajstić information content (AvgIpc) is 2.68. The molecule has 140 valence electrons. The van der Waals surface area contributed by atoms with Gasteiger partial charge in [-0.05, 0) is 55.3 Å². The molecule has 1 aliphatic rings. The predicted octanol–water partition coefficient (Wildman–Crippen LogP) is 4.31. The van der Waals surface area contributed by atoms with Crippen molar-refractivity contribution in [1.29, 1.82) is 0 Å². The smallest absolute Gasteiger partial charge is 0.262 e. The summed E-state index contributed by atoms with van der Waals surface area (Å²) < 4.78 is 5.22. The lowest BCUT2D eigenvalue weighted by atomic mass is 10.1. The third-order valence-electron chi connectivity index (χ3n) is 4.32. The fourth-order valence-corrected chi connectivity index (χ4v) is 3.53. The number of methoxy groups -OCH3 is 1. The molecule has 0 saturated carbocycles. The lowest BCUT2D eigenvalue weighted by molar-refractivity contribution is -0.112. The van der Waals surface area contributed by atoms with Crippen LogP contribution in [-0.4, -0.2) is 25.0 Å². The van der Waals surface area contributed by atoms with Crippen LogP contribution < -0.4 is 15.4 Å². The summed E-state index contributed by atoms with van der Waals surface area (Å²) in [7, 11) is 1.61. The fraction of sp³-hybridized carbons (Fsp3) is 0.238. The van der Waals surface area contributed by atoms with Gasteiger partial charge in [0.25, 0.3) is 11.8 Å². The molecule has 0 saturated heterocycles. The molecule has 0 radical (unpaired) electrons. The Labute approximate surface area is 163 Å². The molecule has 5 nitrogen and oxygen atoms in total. The molecule has 2 N–H and O–H groups in total. The predicted molar refractivity (Wildman–Crippen MR) is 109 cm³/mol. The average molecular weight is 382 g/mol. The highest BCUT2D eigenvalue weighted by Crippen LogP contribution is 2.39. The van der Waals surface area contributed by atoms with E-state index in [1.54, 1.807) is 19.2 Å². The van der Waals surface area contributed by atoms with E-state index in [-0.39, 0.29) is 17.9 Å². The molecule has 0 unspecified atom stereocenters. The lowest BCUT2D eigenvalue weighted by Crippen LogP contribution is -2.32. The van der Waals surface area contributed by atoms with Crippen molar-refractivity contribution in [1.82, 2.24) is 5.32 Å². The van der Waals surface area contributed by atoms with Crippen molar-refractivity contribution in [3.63, 3.8) is 0 Å². The Morgan fingerprint density at radius 2 is 2.11 bits per heavy atom. The molecule has 0 fully saturated rings. The molecule has 1 aliphatic heterocycles. The Kier molecular flexibility index (Phi) is 5.86. The molecule has 27 heavy (non-hydrogen) atoms. The van der Waals surface area contributed by atoms with Crippen molar-refractivity contribution < 1.29 is 14.3 Å². The molecule has 2 amide bonds. The first-order valence-electron chi connectivity index (χ1n) is 8.80. The van der Waals surface area contributed by atoms with Gasteiger partial charge in [-0.25, -0.2) is 0 Å². The summed E-state index contributed by atoms with van der Waals surface area (Å²) in [4.78, 5) is 26.3. The van der Waals surface area contributed by atoms with Gasteiger partial charge in [0.05, 0.1) is 17.7 Å². The highest BCUT2D eigenvalue weighted by molar-refractivity contribution is 8.04. The Bertz CT molecular complexity index is 908. The van der Waals surface area contributed by atoms with Crippen molar-refractivity contribution in [3.8, 4) is 5.75 Å². The molecule has 2 aromatic carbocycles. The van der Waals surface area contributed by atoms with Gasteiger partial charge in [-0.3, -0.25) is 9.59 Å². The summed E-state index contributed by atoms with van der Waals surface area (Å²) in [5, 5.41) is 5.82. The monoisotopic (exact) mass is 382 g/mol. The Balaban J connectivity index is 1.82. The minimum Gasteiger partial charge on any atom is -0.497 e. The zero-order valence-electron chi connectivity index (χ0n) is 15.5. The number of hydrogen-bond acceptors (Lipinski definition) is 4. The number of rotatable bonds is 5. The third kappa shape index (κ3) is 4.52. The lowest BCUT2D eigenvalue weighted by Gasteiger charge is -2.20. The molecular weight excluding hydrogens is 360 g/mol. The van der Waals surface area contributed by atoms with Crippen molar-refractivity contribution in [2.45, 2.75) is 31.2 Å². The molecule has 0 aliphatic carbocycles. The maximum atomic E-state index is 12.5. The van der Waals surface area contributed by atoms with Crippen LogP contribution in [0.3, 0.4) is 0 Å². The van der Waals surface area contributed by atoms with Gasteiger partial charge in [0.15, 0.2) is 0 Å². The molecule has 6 heteroatoms. The van der Waals surface area contributed by atoms with E-state index >= 15 is 0 Å². The molecule has 2 aromatic rings. The van der Waals surface area contributed by atoms with Gasteiger partial charge >= 0.3 is 0 Å². The summed E-state index contributed by atoms with van der Waals surface area (Å²) in [6, 6.07) is 13.0. The van der Waals surface area contributed by atoms with E-state index in [0.717, 1.165) is 22.6 Å². The standard InChI is InChI=1S/C21H22N2O3S/c1-4-13(2)22-20(24)15-8-9-18-17(12-15)23-21(25)19(27-18)11-14-6-5-7-16(10-14)26-3/h5-13H,4H2,1-3H3,(H,22,24)(H,23,25)/b19-11+/t13-/m1/s1. The molecule has 3 rings (SSSR count). The minimum atomic E-state index is -0.185. The number of nitrogens with one attached hydrogen (secondary N) is 2. The van der Waals surface area contributed by atoms with E-state index in [2.05, 4.69) is 10.6 Å². The van der Waals surface area contributed by atoms with E-state index in [1.165, 1.54) is 11.8 Å². The van der Waals surface area contributed by atoms with Gasteiger partial charge in [0.2, 0.25) is 0 Å². The number of carbonyl (C=O) groups excluding carboxylic acids is 2. The highest BCUT2D eigenvalue weighted by atomic mass is 32.2. The Morgan fingerprint density at radius 3 is 2.85 bits per heavy atom. The van der Waals surface area contributed by atoms with Gasteiger partial charge in [-0.1, -0.05) is 30.8 Å². The second-order valence-corrected chi connectivity index (χ2v) is 7.42. The van der Waals surface area contributed by atoms with Crippen LogP contribution in [0.5, 0.6) is 5.75 Å². The summed E-state index contributed by atoms with van der Waals surface area (Å²) in [6.07, 6.45) is 2.69. The second kappa shape index (κ2) is 8.31. The first kappa shape index (κ1) is 19.0. The van der Waals surface area contributed by atoms with Crippen molar-refractivity contribution >= 4 is 35.3 Å². The first-order chi connectivity index (χ1) is 13.0. The Hall–Kier alpha value is -2.73. The highest BCUT2D eigenvalue weighted by Gasteiger charge is 2.22. The van der Waals surface area contributed by atoms with Crippen LogP contribution in [0.4, 0.5) is 5.69 Å². The first-order valence-corrected chi connectivity index (χ1v) is 9.61. The van der Waals surface area contributed by atoms with Gasteiger partial charge in [-0.15, -0.1) is 0 Å². The van der Waals surface area contributed by atoms with E-state index in [0.29, 0.717) is 16.2 Å². The number of thioether (sulfide) groups is 1. The summed E-state index contributed by atoms with van der Waals surface area (Å²) in [5.41, 5.74) is 2.08. The zero-order chi connectivity index (χ0) is 19.4. The minimum absolute atomic E-state index is 0.106. The van der Waals surface area contributed by atoms with E-state index in [9.17, 15) is 9.59 Å². The van der Waals surface area contributed by atoms with E-state index < -0.39 is 0 Å². The molecular formula is C21H22N2O3S. The van der Waals surface area contributed by atoms with Crippen molar-refractivity contribution in [3.05, 3.63) is 58.5 Å². The molecule has 1 heterocycles.